The summed E-state index contributed by atoms with van der Waals surface area (Å²) in [5.41, 5.74) is 2.34. The Hall–Kier alpha value is -1.29. The molecule has 1 N–H and O–H groups in total. The minimum atomic E-state index is 0.493. The van der Waals surface area contributed by atoms with E-state index in [1.54, 1.807) is 0 Å². The first-order chi connectivity index (χ1) is 10.2. The van der Waals surface area contributed by atoms with Crippen molar-refractivity contribution in [1.82, 2.24) is 5.32 Å². The zero-order valence-electron chi connectivity index (χ0n) is 12.2. The third-order valence-electron chi connectivity index (χ3n) is 3.66. The molecule has 0 radical (unpaired) electrons. The zero-order valence-corrected chi connectivity index (χ0v) is 13.0. The average Bonchev–Trinajstić information content (AvgIpc) is 3.23. The maximum Gasteiger partial charge on any atom is 0.130 e. The molecule has 3 nitrogen and oxygen atoms in total. The quantitative estimate of drug-likeness (QED) is 0.832. The number of halogens is 1. The van der Waals surface area contributed by atoms with Gasteiger partial charge in [-0.05, 0) is 43.5 Å². The van der Waals surface area contributed by atoms with Crippen molar-refractivity contribution in [2.45, 2.75) is 45.6 Å². The van der Waals surface area contributed by atoms with Crippen LogP contribution in [0.15, 0.2) is 34.7 Å². The number of furan rings is 1. The van der Waals surface area contributed by atoms with Crippen LogP contribution in [0, 0.1) is 6.92 Å². The molecule has 1 aliphatic rings. The van der Waals surface area contributed by atoms with Gasteiger partial charge < -0.3 is 14.5 Å². The Morgan fingerprint density at radius 1 is 1.24 bits per heavy atom. The Bertz CT molecular complexity index is 587. The molecule has 3 rings (SSSR count). The van der Waals surface area contributed by atoms with Crippen LogP contribution in [0.3, 0.4) is 0 Å². The number of hydrogen-bond donors (Lipinski definition) is 1. The van der Waals surface area contributed by atoms with E-state index in [1.807, 2.05) is 31.2 Å². The van der Waals surface area contributed by atoms with Gasteiger partial charge in [-0.15, -0.1) is 0 Å². The molecule has 0 saturated heterocycles. The van der Waals surface area contributed by atoms with Gasteiger partial charge in [0.2, 0.25) is 0 Å². The molecule has 0 amide bonds. The summed E-state index contributed by atoms with van der Waals surface area (Å²) in [6.07, 6.45) is 2.60. The Morgan fingerprint density at radius 2 is 2.00 bits per heavy atom. The smallest absolute Gasteiger partial charge is 0.130 e. The van der Waals surface area contributed by atoms with Crippen molar-refractivity contribution in [2.75, 3.05) is 0 Å². The van der Waals surface area contributed by atoms with Crippen LogP contribution in [-0.2, 0) is 24.5 Å². The molecule has 1 fully saturated rings. The highest BCUT2D eigenvalue weighted by molar-refractivity contribution is 6.30. The van der Waals surface area contributed by atoms with Gasteiger partial charge in [-0.2, -0.15) is 0 Å². The molecule has 21 heavy (non-hydrogen) atoms. The molecule has 0 atom stereocenters. The highest BCUT2D eigenvalue weighted by Gasteiger charge is 2.20. The van der Waals surface area contributed by atoms with E-state index >= 15 is 0 Å². The van der Waals surface area contributed by atoms with E-state index in [2.05, 4.69) is 11.4 Å². The molecule has 112 valence electrons. The summed E-state index contributed by atoms with van der Waals surface area (Å²) >= 11 is 5.86. The fraction of sp³-hybridized carbons (Fsp3) is 0.412. The summed E-state index contributed by atoms with van der Waals surface area (Å²) in [6.45, 7) is 3.95. The minimum Gasteiger partial charge on any atom is -0.464 e. The van der Waals surface area contributed by atoms with Crippen molar-refractivity contribution in [3.8, 4) is 0 Å². The van der Waals surface area contributed by atoms with E-state index in [0.717, 1.165) is 28.7 Å². The van der Waals surface area contributed by atoms with E-state index in [9.17, 15) is 0 Å². The van der Waals surface area contributed by atoms with Crippen molar-refractivity contribution < 1.29 is 9.15 Å². The van der Waals surface area contributed by atoms with Gasteiger partial charge in [0.25, 0.3) is 0 Å². The topological polar surface area (TPSA) is 34.4 Å². The number of nitrogens with one attached hydrogen (secondary N) is 1. The molecular formula is C17H20ClNO2. The monoisotopic (exact) mass is 305 g/mol. The molecule has 1 aliphatic carbocycles. The van der Waals surface area contributed by atoms with Crippen LogP contribution in [0.2, 0.25) is 5.02 Å². The Kier molecular flexibility index (Phi) is 4.63. The van der Waals surface area contributed by atoms with Crippen LogP contribution in [0.5, 0.6) is 0 Å². The van der Waals surface area contributed by atoms with Gasteiger partial charge in [-0.1, -0.05) is 23.7 Å². The fourth-order valence-corrected chi connectivity index (χ4v) is 2.35. The standard InChI is InChI=1S/C17H20ClNO2/c1-12-14(9-19-16-6-7-16)8-17(21-12)11-20-10-13-2-4-15(18)5-3-13/h2-5,8,16,19H,6-7,9-11H2,1H3. The maximum atomic E-state index is 5.86. The van der Waals surface area contributed by atoms with Gasteiger partial charge in [-0.25, -0.2) is 0 Å². The van der Waals surface area contributed by atoms with Gasteiger partial charge >= 0.3 is 0 Å². The first kappa shape index (κ1) is 14.6. The lowest BCUT2D eigenvalue weighted by molar-refractivity contribution is 0.0923. The van der Waals surface area contributed by atoms with Crippen LogP contribution in [-0.4, -0.2) is 6.04 Å². The molecule has 0 bridgehead atoms. The van der Waals surface area contributed by atoms with Crippen LogP contribution < -0.4 is 5.32 Å². The van der Waals surface area contributed by atoms with Gasteiger partial charge in [0.05, 0.1) is 6.61 Å². The van der Waals surface area contributed by atoms with E-state index in [0.29, 0.717) is 19.3 Å². The zero-order chi connectivity index (χ0) is 14.7. The number of rotatable bonds is 7. The van der Waals surface area contributed by atoms with Crippen molar-refractivity contribution >= 4 is 11.6 Å². The van der Waals surface area contributed by atoms with Crippen molar-refractivity contribution in [3.63, 3.8) is 0 Å². The molecule has 0 spiro atoms. The van der Waals surface area contributed by atoms with Crippen LogP contribution in [0.4, 0.5) is 0 Å². The Labute approximate surface area is 130 Å². The number of hydrogen-bond acceptors (Lipinski definition) is 3. The third kappa shape index (κ3) is 4.34. The molecule has 1 aromatic heterocycles. The lowest BCUT2D eigenvalue weighted by Gasteiger charge is -2.02. The van der Waals surface area contributed by atoms with Crippen LogP contribution >= 0.6 is 11.6 Å². The molecule has 0 aliphatic heterocycles. The molecule has 4 heteroatoms. The summed E-state index contributed by atoms with van der Waals surface area (Å²) in [5, 5.41) is 4.24. The van der Waals surface area contributed by atoms with E-state index in [4.69, 9.17) is 20.8 Å². The van der Waals surface area contributed by atoms with Crippen molar-refractivity contribution in [1.29, 1.82) is 0 Å². The summed E-state index contributed by atoms with van der Waals surface area (Å²) in [4.78, 5) is 0. The summed E-state index contributed by atoms with van der Waals surface area (Å²) in [6, 6.07) is 10.5. The first-order valence-corrected chi connectivity index (χ1v) is 7.72. The molecule has 1 aromatic carbocycles. The number of ether oxygens (including phenoxy) is 1. The van der Waals surface area contributed by atoms with Gasteiger partial charge in [0, 0.05) is 23.2 Å². The van der Waals surface area contributed by atoms with Gasteiger partial charge in [-0.3, -0.25) is 0 Å². The van der Waals surface area contributed by atoms with E-state index in [1.165, 1.54) is 18.4 Å². The van der Waals surface area contributed by atoms with Gasteiger partial charge in [0.15, 0.2) is 0 Å². The fourth-order valence-electron chi connectivity index (χ4n) is 2.23. The summed E-state index contributed by atoms with van der Waals surface area (Å²) in [5.74, 6) is 1.86. The second kappa shape index (κ2) is 6.65. The predicted molar refractivity (Wildman–Crippen MR) is 83.3 cm³/mol. The highest BCUT2D eigenvalue weighted by atomic mass is 35.5. The highest BCUT2D eigenvalue weighted by Crippen LogP contribution is 2.21. The molecule has 0 unspecified atom stereocenters. The first-order valence-electron chi connectivity index (χ1n) is 7.34. The second-order valence-electron chi connectivity index (χ2n) is 5.57. The molecule has 1 heterocycles. The number of aryl methyl sites for hydroxylation is 1. The lowest BCUT2D eigenvalue weighted by atomic mass is 10.2. The largest absolute Gasteiger partial charge is 0.464 e. The summed E-state index contributed by atoms with van der Waals surface area (Å²) in [7, 11) is 0. The molecular weight excluding hydrogens is 286 g/mol. The minimum absolute atomic E-state index is 0.493. The Morgan fingerprint density at radius 3 is 2.71 bits per heavy atom. The second-order valence-corrected chi connectivity index (χ2v) is 6.01. The SMILES string of the molecule is Cc1oc(COCc2ccc(Cl)cc2)cc1CNC1CC1. The van der Waals surface area contributed by atoms with Crippen molar-refractivity contribution in [2.24, 2.45) is 0 Å². The maximum absolute atomic E-state index is 5.86. The van der Waals surface area contributed by atoms with E-state index in [-0.39, 0.29) is 0 Å². The van der Waals surface area contributed by atoms with E-state index < -0.39 is 0 Å². The average molecular weight is 306 g/mol. The van der Waals surface area contributed by atoms with Crippen LogP contribution in [0.1, 0.15) is 35.5 Å². The van der Waals surface area contributed by atoms with Crippen molar-refractivity contribution in [3.05, 3.63) is 58.0 Å². The lowest BCUT2D eigenvalue weighted by Crippen LogP contribution is -2.15. The molecule has 2 aromatic rings. The normalized spacial score (nSPS) is 14.6. The predicted octanol–water partition coefficient (Wildman–Crippen LogP) is 4.21. The number of benzene rings is 1. The molecule has 1 saturated carbocycles. The van der Waals surface area contributed by atoms with Crippen LogP contribution in [0.25, 0.3) is 0 Å². The summed E-state index contributed by atoms with van der Waals surface area (Å²) < 4.78 is 11.4. The third-order valence-corrected chi connectivity index (χ3v) is 3.91. The van der Waals surface area contributed by atoms with Gasteiger partial charge in [0.1, 0.15) is 18.1 Å². The Balaban J connectivity index is 1.48.